The van der Waals surface area contributed by atoms with Gasteiger partial charge in [-0.2, -0.15) is 0 Å². The average molecular weight is 301 g/mol. The summed E-state index contributed by atoms with van der Waals surface area (Å²) >= 11 is 0. The topological polar surface area (TPSA) is 0 Å². The van der Waals surface area contributed by atoms with E-state index < -0.39 is 0 Å². The van der Waals surface area contributed by atoms with E-state index >= 15 is 0 Å². The third kappa shape index (κ3) is 4.61. The molecular formula is C22H36. The highest BCUT2D eigenvalue weighted by molar-refractivity contribution is 5.30. The Morgan fingerprint density at radius 1 is 1.14 bits per heavy atom. The summed E-state index contributed by atoms with van der Waals surface area (Å²) in [7, 11) is 0. The van der Waals surface area contributed by atoms with Crippen LogP contribution >= 0.6 is 0 Å². The minimum absolute atomic E-state index is 0.257. The van der Waals surface area contributed by atoms with Gasteiger partial charge in [0, 0.05) is 0 Å². The number of benzene rings is 1. The second kappa shape index (κ2) is 7.66. The molecule has 0 spiro atoms. The van der Waals surface area contributed by atoms with Crippen LogP contribution in [0, 0.1) is 11.8 Å². The van der Waals surface area contributed by atoms with Gasteiger partial charge in [0.1, 0.15) is 0 Å². The van der Waals surface area contributed by atoms with Crippen molar-refractivity contribution in [2.75, 3.05) is 0 Å². The van der Waals surface area contributed by atoms with E-state index in [1.165, 1.54) is 50.5 Å². The van der Waals surface area contributed by atoms with E-state index in [0.29, 0.717) is 0 Å². The molecule has 3 unspecified atom stereocenters. The molecular weight excluding hydrogens is 264 g/mol. The maximum Gasteiger partial charge on any atom is -0.0132 e. The maximum atomic E-state index is 2.48. The van der Waals surface area contributed by atoms with Crippen molar-refractivity contribution in [3.8, 4) is 0 Å². The van der Waals surface area contributed by atoms with Crippen LogP contribution in [-0.4, -0.2) is 0 Å². The second-order valence-electron chi connectivity index (χ2n) is 8.61. The van der Waals surface area contributed by atoms with Crippen LogP contribution in [0.1, 0.15) is 96.6 Å². The van der Waals surface area contributed by atoms with E-state index in [2.05, 4.69) is 58.9 Å². The molecule has 0 aliphatic heterocycles. The molecule has 1 saturated carbocycles. The van der Waals surface area contributed by atoms with Crippen molar-refractivity contribution < 1.29 is 0 Å². The van der Waals surface area contributed by atoms with Gasteiger partial charge in [-0.1, -0.05) is 84.6 Å². The highest BCUT2D eigenvalue weighted by atomic mass is 14.3. The molecule has 1 aliphatic rings. The molecule has 1 aromatic carbocycles. The molecule has 0 saturated heterocycles. The maximum absolute atomic E-state index is 2.48. The molecule has 0 N–H and O–H groups in total. The molecule has 3 atom stereocenters. The van der Waals surface area contributed by atoms with Gasteiger partial charge in [-0.15, -0.1) is 0 Å². The van der Waals surface area contributed by atoms with Gasteiger partial charge in [-0.25, -0.2) is 0 Å². The van der Waals surface area contributed by atoms with Gasteiger partial charge in [-0.05, 0) is 53.6 Å². The van der Waals surface area contributed by atoms with Crippen LogP contribution in [-0.2, 0) is 5.41 Å². The normalized spacial score (nSPS) is 23.7. The Morgan fingerprint density at radius 2 is 1.91 bits per heavy atom. The van der Waals surface area contributed by atoms with E-state index in [1.54, 1.807) is 5.56 Å². The smallest absolute Gasteiger partial charge is 0.0132 e. The van der Waals surface area contributed by atoms with Crippen molar-refractivity contribution in [1.29, 1.82) is 0 Å². The average Bonchev–Trinajstić information content (AvgIpc) is 2.88. The predicted octanol–water partition coefficient (Wildman–Crippen LogP) is 7.08. The highest BCUT2D eigenvalue weighted by Gasteiger charge is 2.24. The fraction of sp³-hybridized carbons (Fsp3) is 0.727. The van der Waals surface area contributed by atoms with E-state index in [9.17, 15) is 0 Å². The summed E-state index contributed by atoms with van der Waals surface area (Å²) in [5, 5.41) is 0. The van der Waals surface area contributed by atoms with Crippen molar-refractivity contribution in [3.63, 3.8) is 0 Å². The van der Waals surface area contributed by atoms with Crippen LogP contribution < -0.4 is 0 Å². The number of rotatable bonds is 6. The molecule has 124 valence electrons. The molecule has 0 aromatic heterocycles. The van der Waals surface area contributed by atoms with Gasteiger partial charge in [-0.3, -0.25) is 0 Å². The van der Waals surface area contributed by atoms with Crippen molar-refractivity contribution >= 4 is 0 Å². The summed E-state index contributed by atoms with van der Waals surface area (Å²) in [5.74, 6) is 2.72. The third-order valence-electron chi connectivity index (χ3n) is 5.79. The van der Waals surface area contributed by atoms with Crippen molar-refractivity contribution in [1.82, 2.24) is 0 Å². The van der Waals surface area contributed by atoms with Gasteiger partial charge >= 0.3 is 0 Å². The summed E-state index contributed by atoms with van der Waals surface area (Å²) < 4.78 is 0. The van der Waals surface area contributed by atoms with Gasteiger partial charge in [0.2, 0.25) is 0 Å². The van der Waals surface area contributed by atoms with E-state index in [0.717, 1.165) is 17.8 Å². The van der Waals surface area contributed by atoms with Crippen molar-refractivity contribution in [2.24, 2.45) is 11.8 Å². The minimum atomic E-state index is 0.257. The lowest BCUT2D eigenvalue weighted by Gasteiger charge is -2.24. The van der Waals surface area contributed by atoms with Crippen LogP contribution in [0.15, 0.2) is 24.3 Å². The summed E-state index contributed by atoms with van der Waals surface area (Å²) in [6, 6.07) is 9.42. The van der Waals surface area contributed by atoms with Gasteiger partial charge in [0.15, 0.2) is 0 Å². The van der Waals surface area contributed by atoms with E-state index in [-0.39, 0.29) is 5.41 Å². The predicted molar refractivity (Wildman–Crippen MR) is 98.5 cm³/mol. The molecule has 1 fully saturated rings. The third-order valence-corrected chi connectivity index (χ3v) is 5.79. The molecule has 1 aromatic rings. The van der Waals surface area contributed by atoms with Gasteiger partial charge < -0.3 is 0 Å². The van der Waals surface area contributed by atoms with Crippen LogP contribution in [0.5, 0.6) is 0 Å². The van der Waals surface area contributed by atoms with Crippen LogP contribution in [0.2, 0.25) is 0 Å². The Bertz CT molecular complexity index is 451. The summed E-state index contributed by atoms with van der Waals surface area (Å²) in [5.41, 5.74) is 3.33. The quantitative estimate of drug-likeness (QED) is 0.526. The molecule has 2 rings (SSSR count). The van der Waals surface area contributed by atoms with Crippen LogP contribution in [0.4, 0.5) is 0 Å². The SMILES string of the molecule is CCCC(CCC1CCCC1C)c1cccc(C(C)(C)C)c1. The number of hydrogen-bond donors (Lipinski definition) is 0. The first-order valence-corrected chi connectivity index (χ1v) is 9.52. The fourth-order valence-corrected chi connectivity index (χ4v) is 4.15. The molecule has 0 heterocycles. The van der Waals surface area contributed by atoms with Crippen LogP contribution in [0.3, 0.4) is 0 Å². The largest absolute Gasteiger partial charge is 0.0654 e. The molecule has 0 heteroatoms. The molecule has 22 heavy (non-hydrogen) atoms. The Morgan fingerprint density at radius 3 is 2.50 bits per heavy atom. The second-order valence-corrected chi connectivity index (χ2v) is 8.61. The fourth-order valence-electron chi connectivity index (χ4n) is 4.15. The molecule has 0 bridgehead atoms. The molecule has 0 amide bonds. The zero-order chi connectivity index (χ0) is 16.2. The van der Waals surface area contributed by atoms with Gasteiger partial charge in [0.05, 0.1) is 0 Å². The Labute approximate surface area is 138 Å². The Hall–Kier alpha value is -0.780. The number of hydrogen-bond acceptors (Lipinski definition) is 0. The van der Waals surface area contributed by atoms with E-state index in [4.69, 9.17) is 0 Å². The molecule has 0 nitrogen and oxygen atoms in total. The minimum Gasteiger partial charge on any atom is -0.0654 e. The monoisotopic (exact) mass is 300 g/mol. The Kier molecular flexibility index (Phi) is 6.12. The van der Waals surface area contributed by atoms with Crippen molar-refractivity contribution in [2.45, 2.75) is 90.9 Å². The van der Waals surface area contributed by atoms with Crippen molar-refractivity contribution in [3.05, 3.63) is 35.4 Å². The molecule has 1 aliphatic carbocycles. The first-order chi connectivity index (χ1) is 10.4. The molecule has 0 radical (unpaired) electrons. The lowest BCUT2D eigenvalue weighted by molar-refractivity contribution is 0.361. The first-order valence-electron chi connectivity index (χ1n) is 9.52. The summed E-state index contributed by atoms with van der Waals surface area (Å²) in [6.07, 6.45) is 9.86. The lowest BCUT2D eigenvalue weighted by Crippen LogP contribution is -2.12. The lowest BCUT2D eigenvalue weighted by atomic mass is 9.81. The zero-order valence-electron chi connectivity index (χ0n) is 15.5. The zero-order valence-corrected chi connectivity index (χ0v) is 15.5. The summed E-state index contributed by atoms with van der Waals surface area (Å²) in [4.78, 5) is 0. The van der Waals surface area contributed by atoms with Crippen LogP contribution in [0.25, 0.3) is 0 Å². The first kappa shape index (κ1) is 17.6. The Balaban J connectivity index is 2.07. The van der Waals surface area contributed by atoms with E-state index in [1.807, 2.05) is 0 Å². The standard InChI is InChI=1S/C22H36/c1-6-9-19(15-14-18-11-7-10-17(18)2)20-12-8-13-21(16-20)22(3,4)5/h8,12-13,16-19H,6-7,9-11,14-15H2,1-5H3. The highest BCUT2D eigenvalue weighted by Crippen LogP contribution is 2.38. The van der Waals surface area contributed by atoms with Gasteiger partial charge in [0.25, 0.3) is 0 Å². The summed E-state index contributed by atoms with van der Waals surface area (Å²) in [6.45, 7) is 11.8.